The van der Waals surface area contributed by atoms with Gasteiger partial charge in [0.2, 0.25) is 0 Å². The van der Waals surface area contributed by atoms with Crippen molar-refractivity contribution in [2.75, 3.05) is 0 Å². The minimum Gasteiger partial charge on any atom is -0.289 e. The molecule has 254 valence electrons. The zero-order valence-corrected chi connectivity index (χ0v) is 31.0. The molecule has 1 aromatic carbocycles. The Hall–Kier alpha value is -3.52. The van der Waals surface area contributed by atoms with Gasteiger partial charge in [0.15, 0.2) is 11.6 Å². The van der Waals surface area contributed by atoms with Crippen LogP contribution in [-0.4, -0.2) is 11.6 Å². The second kappa shape index (κ2) is 21.4. The Morgan fingerprint density at radius 3 is 1.26 bits per heavy atom. The Bertz CT molecular complexity index is 1460. The van der Waals surface area contributed by atoms with Gasteiger partial charge in [-0.25, -0.2) is 0 Å². The number of rotatable bonds is 20. The van der Waals surface area contributed by atoms with Crippen molar-refractivity contribution in [3.63, 3.8) is 0 Å². The summed E-state index contributed by atoms with van der Waals surface area (Å²) in [5.41, 5.74) is 12.0. The summed E-state index contributed by atoms with van der Waals surface area (Å²) in [4.78, 5) is 25.8. The van der Waals surface area contributed by atoms with E-state index < -0.39 is 0 Å². The average Bonchev–Trinajstić information content (AvgIpc) is 3.02. The molecular weight excluding hydrogens is 572 g/mol. The zero-order valence-electron chi connectivity index (χ0n) is 31.0. The van der Waals surface area contributed by atoms with Crippen LogP contribution in [0.4, 0.5) is 0 Å². The number of allylic oxidation sites excluding steroid dienone is 15. The van der Waals surface area contributed by atoms with Gasteiger partial charge in [-0.3, -0.25) is 9.59 Å². The highest BCUT2D eigenvalue weighted by molar-refractivity contribution is 6.26. The van der Waals surface area contributed by atoms with Gasteiger partial charge in [0.1, 0.15) is 0 Å². The summed E-state index contributed by atoms with van der Waals surface area (Å²) in [7, 11) is 0. The molecule has 0 spiro atoms. The molecule has 47 heavy (non-hydrogen) atoms. The maximum Gasteiger partial charge on any atom is 0.190 e. The highest BCUT2D eigenvalue weighted by atomic mass is 16.1. The molecule has 1 aliphatic carbocycles. The highest BCUT2D eigenvalue weighted by Crippen LogP contribution is 2.30. The first-order chi connectivity index (χ1) is 22.4. The SMILES string of the molecule is C=C(CC/C=C(\C)CC/C=C(\C)CC/C=C(\C)CC/C=C(\C)CC/C=C(\C)CCC=C(C)C)CC1=C(C)C(=O)c2ccccc2C1=O. The molecule has 2 rings (SSSR count). The van der Waals surface area contributed by atoms with E-state index in [1.54, 1.807) is 19.1 Å². The second-order valence-electron chi connectivity index (χ2n) is 14.0. The summed E-state index contributed by atoms with van der Waals surface area (Å²) < 4.78 is 0. The van der Waals surface area contributed by atoms with Crippen LogP contribution in [-0.2, 0) is 0 Å². The fourth-order valence-corrected chi connectivity index (χ4v) is 5.91. The highest BCUT2D eigenvalue weighted by Gasteiger charge is 2.29. The third-order valence-corrected chi connectivity index (χ3v) is 9.12. The molecule has 0 amide bonds. The van der Waals surface area contributed by atoms with Crippen molar-refractivity contribution in [2.45, 2.75) is 139 Å². The minimum atomic E-state index is -0.0396. The number of carbonyl (C=O) groups excluding carboxylic acids is 2. The summed E-state index contributed by atoms with van der Waals surface area (Å²) >= 11 is 0. The van der Waals surface area contributed by atoms with Gasteiger partial charge in [-0.05, 0) is 139 Å². The monoisotopic (exact) mass is 634 g/mol. The molecule has 0 bridgehead atoms. The van der Waals surface area contributed by atoms with Crippen molar-refractivity contribution >= 4 is 11.6 Å². The standard InChI is InChI=1S/C45H62O2/c1-33(2)18-12-19-34(3)20-13-21-35(4)22-14-23-36(5)24-15-25-37(6)26-16-27-38(7)28-17-29-39(8)32-43-40(9)44(46)41-30-10-11-31-42(41)45(43)47/h10-11,18,20,22,24,26,28,30-31H,8,12-17,19,21,23,25,27,29,32H2,1-7,9H3/b34-20+,35-22+,36-24+,37-26+,38-28+. The first-order valence-electron chi connectivity index (χ1n) is 17.8. The molecule has 0 aliphatic heterocycles. The number of Topliss-reactive ketones (excluding diaryl/α,β-unsaturated/α-hetero) is 2. The molecule has 1 aromatic rings. The lowest BCUT2D eigenvalue weighted by molar-refractivity contribution is 0.0973. The fraction of sp³-hybridized carbons (Fsp3) is 0.467. The molecule has 2 heteroatoms. The van der Waals surface area contributed by atoms with Gasteiger partial charge in [0, 0.05) is 22.3 Å². The molecule has 0 fully saturated rings. The Labute approximate surface area is 287 Å². The van der Waals surface area contributed by atoms with Gasteiger partial charge in [0.05, 0.1) is 0 Å². The summed E-state index contributed by atoms with van der Waals surface area (Å²) in [6.45, 7) is 21.6. The summed E-state index contributed by atoms with van der Waals surface area (Å²) in [5.74, 6) is -0.0704. The number of hydrogen-bond acceptors (Lipinski definition) is 2. The van der Waals surface area contributed by atoms with E-state index in [0.29, 0.717) is 28.7 Å². The molecule has 1 aliphatic rings. The fourth-order valence-electron chi connectivity index (χ4n) is 5.91. The third kappa shape index (κ3) is 15.3. The maximum atomic E-state index is 13.0. The predicted molar refractivity (Wildman–Crippen MR) is 205 cm³/mol. The molecule has 0 saturated heterocycles. The minimum absolute atomic E-state index is 0.0309. The van der Waals surface area contributed by atoms with Gasteiger partial charge in [-0.15, -0.1) is 0 Å². The molecule has 0 aromatic heterocycles. The van der Waals surface area contributed by atoms with Crippen LogP contribution < -0.4 is 0 Å². The van der Waals surface area contributed by atoms with Gasteiger partial charge in [0.25, 0.3) is 0 Å². The lowest BCUT2D eigenvalue weighted by Gasteiger charge is -2.19. The molecule has 2 nitrogen and oxygen atoms in total. The van der Waals surface area contributed by atoms with Gasteiger partial charge in [-0.2, -0.15) is 0 Å². The lowest BCUT2D eigenvalue weighted by Crippen LogP contribution is -2.21. The summed E-state index contributed by atoms with van der Waals surface area (Å²) in [6.07, 6.45) is 27.8. The van der Waals surface area contributed by atoms with Gasteiger partial charge >= 0.3 is 0 Å². The number of carbonyl (C=O) groups is 2. The first-order valence-corrected chi connectivity index (χ1v) is 17.8. The van der Waals surface area contributed by atoms with Crippen molar-refractivity contribution in [1.29, 1.82) is 0 Å². The van der Waals surface area contributed by atoms with Crippen molar-refractivity contribution in [3.8, 4) is 0 Å². The van der Waals surface area contributed by atoms with Crippen LogP contribution in [0.3, 0.4) is 0 Å². The number of fused-ring (bicyclic) bond motifs is 1. The molecular formula is C45H62O2. The molecule has 0 radical (unpaired) electrons. The molecule has 0 heterocycles. The Morgan fingerprint density at radius 1 is 0.532 bits per heavy atom. The van der Waals surface area contributed by atoms with Crippen LogP contribution in [0.2, 0.25) is 0 Å². The zero-order chi connectivity index (χ0) is 34.8. The quantitative estimate of drug-likeness (QED) is 0.134. The van der Waals surface area contributed by atoms with Crippen molar-refractivity contribution in [3.05, 3.63) is 129 Å². The largest absolute Gasteiger partial charge is 0.289 e. The van der Waals surface area contributed by atoms with E-state index >= 15 is 0 Å². The molecule has 0 atom stereocenters. The number of hydrogen-bond donors (Lipinski definition) is 0. The number of benzene rings is 1. The van der Waals surface area contributed by atoms with Crippen LogP contribution in [0.1, 0.15) is 160 Å². The van der Waals surface area contributed by atoms with E-state index in [9.17, 15) is 9.59 Å². The Balaban J connectivity index is 1.64. The summed E-state index contributed by atoms with van der Waals surface area (Å²) in [5, 5.41) is 0. The van der Waals surface area contributed by atoms with Crippen LogP contribution in [0.25, 0.3) is 0 Å². The lowest BCUT2D eigenvalue weighted by atomic mass is 9.82. The van der Waals surface area contributed by atoms with E-state index in [1.807, 2.05) is 12.1 Å². The van der Waals surface area contributed by atoms with Gasteiger partial charge in [-0.1, -0.05) is 106 Å². The topological polar surface area (TPSA) is 34.1 Å². The van der Waals surface area contributed by atoms with E-state index in [4.69, 9.17) is 0 Å². The van der Waals surface area contributed by atoms with Crippen LogP contribution in [0, 0.1) is 0 Å². The van der Waals surface area contributed by atoms with Crippen LogP contribution in [0.15, 0.2) is 117 Å². The average molecular weight is 635 g/mol. The molecule has 0 saturated carbocycles. The molecule has 0 N–H and O–H groups in total. The van der Waals surface area contributed by atoms with Gasteiger partial charge < -0.3 is 0 Å². The summed E-state index contributed by atoms with van der Waals surface area (Å²) in [6, 6.07) is 7.12. The first kappa shape index (κ1) is 39.7. The maximum absolute atomic E-state index is 13.0. The van der Waals surface area contributed by atoms with Crippen LogP contribution >= 0.6 is 0 Å². The second-order valence-corrected chi connectivity index (χ2v) is 14.0. The Morgan fingerprint density at radius 2 is 0.872 bits per heavy atom. The Kier molecular flexibility index (Phi) is 18.0. The van der Waals surface area contributed by atoms with E-state index in [2.05, 4.69) is 91.5 Å². The predicted octanol–water partition coefficient (Wildman–Crippen LogP) is 13.7. The normalized spacial score (nSPS) is 14.9. The molecule has 0 unspecified atom stereocenters. The number of ketones is 2. The van der Waals surface area contributed by atoms with E-state index in [0.717, 1.165) is 76.2 Å². The van der Waals surface area contributed by atoms with Crippen LogP contribution in [0.5, 0.6) is 0 Å². The third-order valence-electron chi connectivity index (χ3n) is 9.12. The smallest absolute Gasteiger partial charge is 0.190 e. The van der Waals surface area contributed by atoms with Crippen molar-refractivity contribution < 1.29 is 9.59 Å². The van der Waals surface area contributed by atoms with E-state index in [1.165, 1.54) is 39.9 Å². The van der Waals surface area contributed by atoms with Crippen molar-refractivity contribution in [1.82, 2.24) is 0 Å². The van der Waals surface area contributed by atoms with E-state index in [-0.39, 0.29) is 11.6 Å². The van der Waals surface area contributed by atoms with Crippen molar-refractivity contribution in [2.24, 2.45) is 0 Å².